The van der Waals surface area contributed by atoms with Crippen molar-refractivity contribution in [3.63, 3.8) is 0 Å². The molecule has 2 bridgehead atoms. The van der Waals surface area contributed by atoms with Gasteiger partial charge in [0.1, 0.15) is 5.76 Å². The van der Waals surface area contributed by atoms with Gasteiger partial charge >= 0.3 is 0 Å². The van der Waals surface area contributed by atoms with Gasteiger partial charge in [0, 0.05) is 6.42 Å². The molecule has 0 spiro atoms. The van der Waals surface area contributed by atoms with E-state index < -0.39 is 0 Å². The van der Waals surface area contributed by atoms with E-state index in [0.29, 0.717) is 6.10 Å². The minimum absolute atomic E-state index is 0.294. The first-order valence-corrected chi connectivity index (χ1v) is 4.04. The lowest BCUT2D eigenvalue weighted by atomic mass is 10.2. The summed E-state index contributed by atoms with van der Waals surface area (Å²) in [6, 6.07) is 0. The van der Waals surface area contributed by atoms with Crippen LogP contribution in [0.5, 0.6) is 0 Å². The van der Waals surface area contributed by atoms with E-state index in [1.807, 2.05) is 0 Å². The van der Waals surface area contributed by atoms with E-state index in [4.69, 9.17) is 4.74 Å². The Balaban J connectivity index is 2.18. The highest BCUT2D eigenvalue weighted by Crippen LogP contribution is 2.34. The van der Waals surface area contributed by atoms with Crippen LogP contribution in [0, 0.1) is 0 Å². The average Bonchev–Trinajstić information content (AvgIpc) is 2.45. The van der Waals surface area contributed by atoms with Crippen LogP contribution in [-0.2, 0) is 4.74 Å². The Kier molecular flexibility index (Phi) is 1.38. The van der Waals surface area contributed by atoms with Crippen LogP contribution in [0.25, 0.3) is 0 Å². The van der Waals surface area contributed by atoms with Crippen LogP contribution in [0.1, 0.15) is 20.3 Å². The van der Waals surface area contributed by atoms with Gasteiger partial charge in [0.15, 0.2) is 0 Å². The fourth-order valence-electron chi connectivity index (χ4n) is 1.44. The quantitative estimate of drug-likeness (QED) is 0.584. The first-order valence-electron chi connectivity index (χ1n) is 4.04. The Labute approximate surface area is 67.1 Å². The van der Waals surface area contributed by atoms with E-state index in [2.05, 4.69) is 32.1 Å². The van der Waals surface area contributed by atoms with Crippen molar-refractivity contribution in [1.82, 2.24) is 0 Å². The fraction of sp³-hybridized carbons (Fsp3) is 0.400. The van der Waals surface area contributed by atoms with Crippen LogP contribution in [0.3, 0.4) is 0 Å². The van der Waals surface area contributed by atoms with Crippen molar-refractivity contribution in [1.29, 1.82) is 0 Å². The number of ether oxygens (including phenoxy) is 1. The predicted molar refractivity (Wildman–Crippen MR) is 45.1 cm³/mol. The Bertz CT molecular complexity index is 267. The lowest BCUT2D eigenvalue weighted by Crippen LogP contribution is -2.01. The van der Waals surface area contributed by atoms with Crippen molar-refractivity contribution in [3.05, 3.63) is 35.1 Å². The molecule has 0 aromatic heterocycles. The van der Waals surface area contributed by atoms with Gasteiger partial charge in [-0.3, -0.25) is 0 Å². The van der Waals surface area contributed by atoms with Crippen molar-refractivity contribution >= 4 is 0 Å². The molecule has 1 nitrogen and oxygen atoms in total. The van der Waals surface area contributed by atoms with E-state index in [9.17, 15) is 0 Å². The molecule has 0 amide bonds. The molecule has 2 rings (SSSR count). The summed E-state index contributed by atoms with van der Waals surface area (Å²) in [4.78, 5) is 0. The molecule has 0 heterocycles. The monoisotopic (exact) mass is 148 g/mol. The third-order valence-corrected chi connectivity index (χ3v) is 1.89. The molecule has 0 aromatic rings. The number of rotatable bonds is 2. The molecule has 0 radical (unpaired) electrons. The van der Waals surface area contributed by atoms with Gasteiger partial charge in [-0.1, -0.05) is 12.2 Å². The normalized spacial score (nSPS) is 20.1. The molecular formula is C10H12O. The second-order valence-corrected chi connectivity index (χ2v) is 3.29. The van der Waals surface area contributed by atoms with Gasteiger partial charge in [0.25, 0.3) is 0 Å². The number of hydrogen-bond donors (Lipinski definition) is 0. The van der Waals surface area contributed by atoms with Gasteiger partial charge in [0.05, 0.1) is 6.10 Å². The zero-order chi connectivity index (χ0) is 7.84. The molecule has 11 heavy (non-hydrogen) atoms. The van der Waals surface area contributed by atoms with Gasteiger partial charge in [-0.25, -0.2) is 0 Å². The maximum atomic E-state index is 5.60. The van der Waals surface area contributed by atoms with E-state index in [1.165, 1.54) is 11.1 Å². The highest BCUT2D eigenvalue weighted by Gasteiger charge is 2.18. The smallest absolute Gasteiger partial charge is 0.123 e. The third-order valence-electron chi connectivity index (χ3n) is 1.89. The molecule has 0 N–H and O–H groups in total. The molecule has 0 unspecified atom stereocenters. The maximum Gasteiger partial charge on any atom is 0.123 e. The molecule has 0 saturated heterocycles. The minimum Gasteiger partial charge on any atom is -0.491 e. The maximum absolute atomic E-state index is 5.60. The van der Waals surface area contributed by atoms with Crippen molar-refractivity contribution in [2.24, 2.45) is 0 Å². The second kappa shape index (κ2) is 2.26. The van der Waals surface area contributed by atoms with E-state index in [-0.39, 0.29) is 0 Å². The molecule has 2 aliphatic rings. The van der Waals surface area contributed by atoms with Gasteiger partial charge < -0.3 is 4.74 Å². The standard InChI is InChI=1S/C10H12O/c1-7(2)11-10-6-8-3-4-9(10)5-8/h3-4,6-7H,5H2,1-2H3. The van der Waals surface area contributed by atoms with Crippen LogP contribution >= 0.6 is 0 Å². The van der Waals surface area contributed by atoms with Crippen molar-refractivity contribution in [3.8, 4) is 0 Å². The Hall–Kier alpha value is -0.980. The van der Waals surface area contributed by atoms with Crippen molar-refractivity contribution < 1.29 is 4.74 Å². The molecule has 58 valence electrons. The Morgan fingerprint density at radius 3 is 2.64 bits per heavy atom. The number of hydrogen-bond acceptors (Lipinski definition) is 1. The minimum atomic E-state index is 0.294. The lowest BCUT2D eigenvalue weighted by Gasteiger charge is -2.10. The predicted octanol–water partition coefficient (Wildman–Crippen LogP) is 2.57. The van der Waals surface area contributed by atoms with E-state index >= 15 is 0 Å². The third kappa shape index (κ3) is 1.11. The van der Waals surface area contributed by atoms with Gasteiger partial charge in [0.2, 0.25) is 0 Å². The summed E-state index contributed by atoms with van der Waals surface area (Å²) in [6.07, 6.45) is 7.81. The van der Waals surface area contributed by atoms with Crippen molar-refractivity contribution in [2.75, 3.05) is 0 Å². The van der Waals surface area contributed by atoms with Crippen LogP contribution in [0.4, 0.5) is 0 Å². The number of allylic oxidation sites excluding steroid dienone is 5. The zero-order valence-corrected chi connectivity index (χ0v) is 6.92. The largest absolute Gasteiger partial charge is 0.491 e. The Morgan fingerprint density at radius 1 is 1.36 bits per heavy atom. The summed E-state index contributed by atoms with van der Waals surface area (Å²) >= 11 is 0. The van der Waals surface area contributed by atoms with Gasteiger partial charge in [-0.05, 0) is 31.1 Å². The summed E-state index contributed by atoms with van der Waals surface area (Å²) in [5.74, 6) is 1.08. The molecule has 0 aliphatic heterocycles. The molecule has 0 atom stereocenters. The summed E-state index contributed by atoms with van der Waals surface area (Å²) in [6.45, 7) is 4.11. The summed E-state index contributed by atoms with van der Waals surface area (Å²) in [5, 5.41) is 0. The van der Waals surface area contributed by atoms with Gasteiger partial charge in [-0.2, -0.15) is 0 Å². The molecule has 1 heteroatoms. The average molecular weight is 148 g/mol. The highest BCUT2D eigenvalue weighted by molar-refractivity contribution is 5.52. The molecule has 0 fully saturated rings. The Morgan fingerprint density at radius 2 is 2.18 bits per heavy atom. The van der Waals surface area contributed by atoms with Crippen LogP contribution < -0.4 is 0 Å². The fourth-order valence-corrected chi connectivity index (χ4v) is 1.44. The van der Waals surface area contributed by atoms with Gasteiger partial charge in [-0.15, -0.1) is 0 Å². The molecule has 0 aromatic carbocycles. The SMILES string of the molecule is CC(C)OC1=C2C=CC(=C1)C2. The summed E-state index contributed by atoms with van der Waals surface area (Å²) < 4.78 is 5.60. The second-order valence-electron chi connectivity index (χ2n) is 3.29. The number of fused-ring (bicyclic) bond motifs is 2. The summed E-state index contributed by atoms with van der Waals surface area (Å²) in [5.41, 5.74) is 2.73. The summed E-state index contributed by atoms with van der Waals surface area (Å²) in [7, 11) is 0. The molecule has 2 aliphatic carbocycles. The highest BCUT2D eigenvalue weighted by atomic mass is 16.5. The van der Waals surface area contributed by atoms with Crippen LogP contribution in [0.15, 0.2) is 35.1 Å². The molecular weight excluding hydrogens is 136 g/mol. The first-order chi connectivity index (χ1) is 5.25. The van der Waals surface area contributed by atoms with Crippen LogP contribution in [-0.4, -0.2) is 6.10 Å². The lowest BCUT2D eigenvalue weighted by molar-refractivity contribution is 0.156. The molecule has 0 saturated carbocycles. The van der Waals surface area contributed by atoms with Crippen LogP contribution in [0.2, 0.25) is 0 Å². The van der Waals surface area contributed by atoms with E-state index in [1.54, 1.807) is 0 Å². The van der Waals surface area contributed by atoms with Crippen molar-refractivity contribution in [2.45, 2.75) is 26.4 Å². The van der Waals surface area contributed by atoms with E-state index in [0.717, 1.165) is 12.2 Å². The first kappa shape index (κ1) is 6.71. The topological polar surface area (TPSA) is 9.23 Å². The zero-order valence-electron chi connectivity index (χ0n) is 6.92.